The second kappa shape index (κ2) is 10.5. The molecule has 1 aliphatic heterocycles. The van der Waals surface area contributed by atoms with Crippen LogP contribution in [0, 0.1) is 0 Å². The molecule has 11 heteroatoms. The van der Waals surface area contributed by atoms with Crippen molar-refractivity contribution in [1.29, 1.82) is 0 Å². The summed E-state index contributed by atoms with van der Waals surface area (Å²) in [5.41, 5.74) is 3.44. The number of rotatable bonds is 6. The van der Waals surface area contributed by atoms with Gasteiger partial charge in [0.2, 0.25) is 10.0 Å². The predicted molar refractivity (Wildman–Crippen MR) is 129 cm³/mol. The number of pyridine rings is 1. The van der Waals surface area contributed by atoms with Gasteiger partial charge in [0.05, 0.1) is 4.90 Å². The fourth-order valence-corrected chi connectivity index (χ4v) is 5.77. The third-order valence-corrected chi connectivity index (χ3v) is 8.01. The Hall–Kier alpha value is -3.31. The second-order valence-corrected chi connectivity index (χ2v) is 10.4. The Kier molecular flexibility index (Phi) is 7.46. The average Bonchev–Trinajstić information content (AvgIpc) is 2.89. The van der Waals surface area contributed by atoms with Crippen LogP contribution in [0.25, 0.3) is 11.1 Å². The van der Waals surface area contributed by atoms with E-state index in [1.807, 2.05) is 12.1 Å². The van der Waals surface area contributed by atoms with Crippen molar-refractivity contribution in [3.05, 3.63) is 83.6 Å². The van der Waals surface area contributed by atoms with Crippen molar-refractivity contribution in [3.63, 3.8) is 0 Å². The van der Waals surface area contributed by atoms with Gasteiger partial charge < -0.3 is 5.32 Å². The molecule has 0 saturated carbocycles. The Labute approximate surface area is 207 Å². The molecule has 0 spiro atoms. The minimum Gasteiger partial charge on any atom is -0.348 e. The van der Waals surface area contributed by atoms with Crippen LogP contribution in [0.4, 0.5) is 0 Å². The number of hydrogen-bond donors (Lipinski definition) is 3. The standard InChI is InChI=1S/C24H23ClN4O5S/c25-18-8-4-16(5-9-18)17-6-10-20(11-7-17)35(33,34)29-14-12-19(15-22(29)24(31)28-32)27-23(30)21-3-1-2-13-26-21/h1-11,13,19,22,32H,12,14-15H2,(H,27,30)(H,28,31)/t19-,22-/m1/s1. The minimum absolute atomic E-state index is 0.00689. The SMILES string of the molecule is O=C(N[C@@H]1CCN(S(=O)(=O)c2ccc(-c3ccc(Cl)cc3)cc2)[C@@H](C(=O)NO)C1)c1ccccn1. The van der Waals surface area contributed by atoms with Crippen LogP contribution in [-0.4, -0.2) is 53.4 Å². The first-order valence-electron chi connectivity index (χ1n) is 10.8. The zero-order chi connectivity index (χ0) is 25.0. The molecule has 2 aromatic carbocycles. The van der Waals surface area contributed by atoms with Crippen molar-refractivity contribution >= 4 is 33.4 Å². The molecule has 2 amide bonds. The lowest BCUT2D eigenvalue weighted by molar-refractivity contribution is -0.134. The lowest BCUT2D eigenvalue weighted by atomic mass is 9.98. The van der Waals surface area contributed by atoms with E-state index in [1.165, 1.54) is 18.3 Å². The van der Waals surface area contributed by atoms with Crippen LogP contribution in [0.3, 0.4) is 0 Å². The maximum absolute atomic E-state index is 13.4. The number of halogens is 1. The molecule has 35 heavy (non-hydrogen) atoms. The van der Waals surface area contributed by atoms with E-state index in [9.17, 15) is 23.2 Å². The largest absolute Gasteiger partial charge is 0.348 e. The number of benzene rings is 2. The van der Waals surface area contributed by atoms with Gasteiger partial charge in [-0.1, -0.05) is 41.9 Å². The van der Waals surface area contributed by atoms with Gasteiger partial charge in [-0.2, -0.15) is 4.31 Å². The molecule has 2 atom stereocenters. The molecule has 0 bridgehead atoms. The molecule has 0 unspecified atom stereocenters. The van der Waals surface area contributed by atoms with Crippen LogP contribution < -0.4 is 10.8 Å². The third-order valence-electron chi connectivity index (χ3n) is 5.84. The van der Waals surface area contributed by atoms with Crippen LogP contribution in [0.2, 0.25) is 5.02 Å². The molecule has 0 aliphatic carbocycles. The lowest BCUT2D eigenvalue weighted by Gasteiger charge is -2.37. The molecule has 0 radical (unpaired) electrons. The number of aromatic nitrogens is 1. The molecule has 1 fully saturated rings. The van der Waals surface area contributed by atoms with Gasteiger partial charge in [0, 0.05) is 23.8 Å². The number of piperidine rings is 1. The van der Waals surface area contributed by atoms with Crippen LogP contribution in [-0.2, 0) is 14.8 Å². The smallest absolute Gasteiger partial charge is 0.270 e. The van der Waals surface area contributed by atoms with E-state index in [0.717, 1.165) is 15.4 Å². The number of nitrogens with one attached hydrogen (secondary N) is 2. The highest BCUT2D eigenvalue weighted by Gasteiger charge is 2.41. The number of carbonyl (C=O) groups excluding carboxylic acids is 2. The summed E-state index contributed by atoms with van der Waals surface area (Å²) >= 11 is 5.93. The van der Waals surface area contributed by atoms with Gasteiger partial charge >= 0.3 is 0 Å². The lowest BCUT2D eigenvalue weighted by Crippen LogP contribution is -2.56. The summed E-state index contributed by atoms with van der Waals surface area (Å²) in [4.78, 5) is 28.9. The van der Waals surface area contributed by atoms with Crippen LogP contribution in [0.1, 0.15) is 23.3 Å². The molecular formula is C24H23ClN4O5S. The van der Waals surface area contributed by atoms with Crippen LogP contribution >= 0.6 is 11.6 Å². The molecule has 182 valence electrons. The van der Waals surface area contributed by atoms with Crippen molar-refractivity contribution in [1.82, 2.24) is 20.1 Å². The molecule has 3 aromatic rings. The normalized spacial score (nSPS) is 18.6. The van der Waals surface area contributed by atoms with E-state index in [-0.39, 0.29) is 30.0 Å². The zero-order valence-electron chi connectivity index (χ0n) is 18.5. The molecular weight excluding hydrogens is 492 g/mol. The predicted octanol–water partition coefficient (Wildman–Crippen LogP) is 2.86. The van der Waals surface area contributed by atoms with Gasteiger partial charge in [-0.3, -0.25) is 19.8 Å². The number of nitrogens with zero attached hydrogens (tertiary/aromatic N) is 2. The van der Waals surface area contributed by atoms with Crippen LogP contribution in [0.15, 0.2) is 77.8 Å². The number of hydroxylamine groups is 1. The van der Waals surface area contributed by atoms with Crippen molar-refractivity contribution in [2.45, 2.75) is 29.8 Å². The molecule has 1 saturated heterocycles. The molecule has 9 nitrogen and oxygen atoms in total. The van der Waals surface area contributed by atoms with Gasteiger partial charge in [0.25, 0.3) is 11.8 Å². The average molecular weight is 515 g/mol. The fraction of sp³-hybridized carbons (Fsp3) is 0.208. The Bertz CT molecular complexity index is 1300. The van der Waals surface area contributed by atoms with Gasteiger partial charge in [0.1, 0.15) is 11.7 Å². The third kappa shape index (κ3) is 5.51. The first-order valence-corrected chi connectivity index (χ1v) is 12.6. The van der Waals surface area contributed by atoms with Crippen molar-refractivity contribution in [3.8, 4) is 11.1 Å². The van der Waals surface area contributed by atoms with E-state index in [4.69, 9.17) is 11.6 Å². The topological polar surface area (TPSA) is 129 Å². The molecule has 3 N–H and O–H groups in total. The first-order chi connectivity index (χ1) is 16.8. The van der Waals surface area contributed by atoms with Crippen molar-refractivity contribution in [2.75, 3.05) is 6.54 Å². The summed E-state index contributed by atoms with van der Waals surface area (Å²) in [6, 6.07) is 16.7. The maximum atomic E-state index is 13.4. The Balaban J connectivity index is 1.53. The summed E-state index contributed by atoms with van der Waals surface area (Å²) < 4.78 is 27.9. The maximum Gasteiger partial charge on any atom is 0.270 e. The van der Waals surface area contributed by atoms with Gasteiger partial charge in [-0.05, 0) is 60.4 Å². The summed E-state index contributed by atoms with van der Waals surface area (Å²) in [5.74, 6) is -1.30. The molecule has 1 aromatic heterocycles. The summed E-state index contributed by atoms with van der Waals surface area (Å²) in [6.45, 7) is -0.0213. The Morgan fingerprint density at radius 1 is 1.00 bits per heavy atom. The highest BCUT2D eigenvalue weighted by molar-refractivity contribution is 7.89. The van der Waals surface area contributed by atoms with Gasteiger partial charge in [-0.15, -0.1) is 0 Å². The summed E-state index contributed by atoms with van der Waals surface area (Å²) in [5, 5.41) is 12.6. The van der Waals surface area contributed by atoms with Crippen LogP contribution in [0.5, 0.6) is 0 Å². The quantitative estimate of drug-likeness (QED) is 0.343. The number of sulfonamides is 1. The van der Waals surface area contributed by atoms with E-state index in [2.05, 4.69) is 10.3 Å². The van der Waals surface area contributed by atoms with E-state index in [0.29, 0.717) is 5.02 Å². The van der Waals surface area contributed by atoms with Crippen molar-refractivity contribution < 1.29 is 23.2 Å². The monoisotopic (exact) mass is 514 g/mol. The summed E-state index contributed by atoms with van der Waals surface area (Å²) in [7, 11) is -4.06. The highest BCUT2D eigenvalue weighted by atomic mass is 35.5. The molecule has 4 rings (SSSR count). The zero-order valence-corrected chi connectivity index (χ0v) is 20.0. The van der Waals surface area contributed by atoms with Gasteiger partial charge in [-0.25, -0.2) is 13.9 Å². The van der Waals surface area contributed by atoms with Crippen molar-refractivity contribution in [2.24, 2.45) is 0 Å². The molecule has 2 heterocycles. The Morgan fingerprint density at radius 3 is 2.26 bits per heavy atom. The van der Waals surface area contributed by atoms with E-state index in [1.54, 1.807) is 47.9 Å². The van der Waals surface area contributed by atoms with Gasteiger partial charge in [0.15, 0.2) is 0 Å². The number of hydrogen-bond acceptors (Lipinski definition) is 6. The Morgan fingerprint density at radius 2 is 1.66 bits per heavy atom. The number of carbonyl (C=O) groups is 2. The molecule has 1 aliphatic rings. The summed E-state index contributed by atoms with van der Waals surface area (Å²) in [6.07, 6.45) is 1.77. The van der Waals surface area contributed by atoms with E-state index < -0.39 is 33.9 Å². The van der Waals surface area contributed by atoms with E-state index >= 15 is 0 Å². The first kappa shape index (κ1) is 24.8. The number of amides is 2. The minimum atomic E-state index is -4.06. The highest BCUT2D eigenvalue weighted by Crippen LogP contribution is 2.28. The fourth-order valence-electron chi connectivity index (χ4n) is 4.03. The second-order valence-electron chi connectivity index (χ2n) is 8.05.